The van der Waals surface area contributed by atoms with E-state index in [1.807, 2.05) is 0 Å². The largest absolute Gasteiger partial charge is 0.457 e. The molecule has 140 valence electrons. The molecule has 8 heteroatoms. The Labute approximate surface area is 179 Å². The van der Waals surface area contributed by atoms with Gasteiger partial charge in [0.05, 0.1) is 15.6 Å². The first-order valence-electron chi connectivity index (χ1n) is 8.01. The molecular weight excluding hydrogens is 441 g/mol. The molecule has 0 N–H and O–H groups in total. The van der Waals surface area contributed by atoms with E-state index in [2.05, 4.69) is 0 Å². The minimum Gasteiger partial charge on any atom is -0.457 e. The maximum Gasteiger partial charge on any atom is 0.298 e. The van der Waals surface area contributed by atoms with Gasteiger partial charge in [-0.15, -0.1) is 0 Å². The number of hydrogen-bond acceptors (Lipinski definition) is 4. The fourth-order valence-electron chi connectivity index (χ4n) is 2.70. The number of rotatable bonds is 3. The Morgan fingerprint density at radius 3 is 2.46 bits per heavy atom. The van der Waals surface area contributed by atoms with Crippen molar-refractivity contribution in [1.29, 1.82) is 0 Å². The molecule has 0 bridgehead atoms. The third-order valence-electron chi connectivity index (χ3n) is 3.96. The van der Waals surface area contributed by atoms with Crippen LogP contribution in [0.1, 0.15) is 5.76 Å². The highest BCUT2D eigenvalue weighted by atomic mass is 35.5. The first-order chi connectivity index (χ1) is 13.4. The van der Waals surface area contributed by atoms with E-state index in [9.17, 15) is 9.59 Å². The Balaban J connectivity index is 1.62. The van der Waals surface area contributed by atoms with Crippen LogP contribution in [0.5, 0.6) is 0 Å². The molecule has 1 saturated heterocycles. The summed E-state index contributed by atoms with van der Waals surface area (Å²) in [4.78, 5) is 26.4. The highest BCUT2D eigenvalue weighted by Gasteiger charge is 2.36. The number of carbonyl (C=O) groups is 2. The lowest BCUT2D eigenvalue weighted by Crippen LogP contribution is -2.27. The fraction of sp³-hybridized carbons (Fsp3) is 0. The Kier molecular flexibility index (Phi) is 5.25. The molecule has 1 aromatic heterocycles. The zero-order valence-corrected chi connectivity index (χ0v) is 17.1. The maximum atomic E-state index is 12.7. The minimum absolute atomic E-state index is 0.257. The first kappa shape index (κ1) is 19.2. The average molecular weight is 451 g/mol. The van der Waals surface area contributed by atoms with Gasteiger partial charge in [-0.3, -0.25) is 9.59 Å². The van der Waals surface area contributed by atoms with Gasteiger partial charge >= 0.3 is 0 Å². The SMILES string of the molecule is O=C1S/C(=C\c2ccc(-c3ccc(Cl)cc3Cl)o2)C(=O)N1c1cccc(Cl)c1. The molecule has 4 rings (SSSR count). The highest BCUT2D eigenvalue weighted by Crippen LogP contribution is 2.37. The molecule has 1 aliphatic rings. The topological polar surface area (TPSA) is 50.5 Å². The van der Waals surface area contributed by atoms with E-state index in [1.54, 1.807) is 54.6 Å². The number of carbonyl (C=O) groups excluding carboxylic acids is 2. The summed E-state index contributed by atoms with van der Waals surface area (Å²) < 4.78 is 5.78. The smallest absolute Gasteiger partial charge is 0.298 e. The fourth-order valence-corrected chi connectivity index (χ4v) is 4.21. The van der Waals surface area contributed by atoms with E-state index in [0.717, 1.165) is 16.7 Å². The van der Waals surface area contributed by atoms with Crippen molar-refractivity contribution in [3.05, 3.63) is 80.3 Å². The van der Waals surface area contributed by atoms with Gasteiger partial charge in [-0.2, -0.15) is 0 Å². The van der Waals surface area contributed by atoms with Crippen LogP contribution in [0.25, 0.3) is 17.4 Å². The van der Waals surface area contributed by atoms with Crippen LogP contribution in [0.2, 0.25) is 15.1 Å². The summed E-state index contributed by atoms with van der Waals surface area (Å²) in [5.41, 5.74) is 1.10. The molecule has 2 heterocycles. The van der Waals surface area contributed by atoms with Gasteiger partial charge < -0.3 is 4.42 Å². The predicted octanol–water partition coefficient (Wildman–Crippen LogP) is 7.15. The maximum absolute atomic E-state index is 12.7. The number of amides is 2. The molecule has 1 fully saturated rings. The summed E-state index contributed by atoms with van der Waals surface area (Å²) in [6.07, 6.45) is 1.53. The number of halogens is 3. The molecule has 0 saturated carbocycles. The van der Waals surface area contributed by atoms with Gasteiger partial charge in [0.25, 0.3) is 11.1 Å². The Morgan fingerprint density at radius 2 is 1.71 bits per heavy atom. The molecule has 2 aromatic carbocycles. The summed E-state index contributed by atoms with van der Waals surface area (Å²) in [5, 5.41) is 1.02. The van der Waals surface area contributed by atoms with Crippen molar-refractivity contribution in [3.8, 4) is 11.3 Å². The normalized spacial score (nSPS) is 15.7. The highest BCUT2D eigenvalue weighted by molar-refractivity contribution is 8.19. The number of nitrogens with zero attached hydrogens (tertiary/aromatic N) is 1. The zero-order chi connectivity index (χ0) is 19.8. The van der Waals surface area contributed by atoms with Crippen LogP contribution < -0.4 is 4.90 Å². The molecule has 0 aliphatic carbocycles. The van der Waals surface area contributed by atoms with E-state index in [0.29, 0.717) is 37.8 Å². The van der Waals surface area contributed by atoms with Gasteiger partial charge in [-0.25, -0.2) is 4.90 Å². The van der Waals surface area contributed by atoms with Crippen LogP contribution in [-0.2, 0) is 4.79 Å². The van der Waals surface area contributed by atoms with E-state index in [1.165, 1.54) is 6.08 Å². The Hall–Kier alpha value is -2.18. The second kappa shape index (κ2) is 7.68. The standard InChI is InChI=1S/C20H10Cl3NO3S/c21-11-2-1-3-13(8-11)24-19(25)18(28-20(24)26)10-14-5-7-17(27-14)15-6-4-12(22)9-16(15)23/h1-10H/b18-10-. The molecule has 0 spiro atoms. The van der Waals surface area contributed by atoms with Crippen molar-refractivity contribution in [2.45, 2.75) is 0 Å². The van der Waals surface area contributed by atoms with Gasteiger partial charge in [0.2, 0.25) is 0 Å². The number of anilines is 1. The number of benzene rings is 2. The van der Waals surface area contributed by atoms with Gasteiger partial charge in [0.15, 0.2) is 0 Å². The van der Waals surface area contributed by atoms with E-state index >= 15 is 0 Å². The van der Waals surface area contributed by atoms with Crippen molar-refractivity contribution < 1.29 is 14.0 Å². The molecule has 2 amide bonds. The molecule has 1 aliphatic heterocycles. The van der Waals surface area contributed by atoms with Crippen LogP contribution >= 0.6 is 46.6 Å². The molecule has 4 nitrogen and oxygen atoms in total. The van der Waals surface area contributed by atoms with Crippen molar-refractivity contribution in [2.24, 2.45) is 0 Å². The monoisotopic (exact) mass is 449 g/mol. The number of thioether (sulfide) groups is 1. The quantitative estimate of drug-likeness (QED) is 0.398. The molecule has 3 aromatic rings. The summed E-state index contributed by atoms with van der Waals surface area (Å²) in [5.74, 6) is 0.527. The lowest BCUT2D eigenvalue weighted by Gasteiger charge is -2.12. The second-order valence-electron chi connectivity index (χ2n) is 5.82. The van der Waals surface area contributed by atoms with Crippen LogP contribution in [0, 0.1) is 0 Å². The molecule has 0 radical (unpaired) electrons. The van der Waals surface area contributed by atoms with Crippen LogP contribution in [0.4, 0.5) is 10.5 Å². The van der Waals surface area contributed by atoms with E-state index < -0.39 is 11.1 Å². The van der Waals surface area contributed by atoms with Crippen LogP contribution in [0.3, 0.4) is 0 Å². The molecule has 0 unspecified atom stereocenters. The van der Waals surface area contributed by atoms with Crippen molar-refractivity contribution >= 4 is 69.5 Å². The first-order valence-corrected chi connectivity index (χ1v) is 9.96. The molecule has 0 atom stereocenters. The summed E-state index contributed by atoms with van der Waals surface area (Å²) in [7, 11) is 0. The van der Waals surface area contributed by atoms with Crippen molar-refractivity contribution in [2.75, 3.05) is 4.90 Å². The van der Waals surface area contributed by atoms with Crippen molar-refractivity contribution in [3.63, 3.8) is 0 Å². The Bertz CT molecular complexity index is 1140. The summed E-state index contributed by atoms with van der Waals surface area (Å²) in [6, 6.07) is 15.1. The lowest BCUT2D eigenvalue weighted by atomic mass is 10.2. The number of hydrogen-bond donors (Lipinski definition) is 0. The van der Waals surface area contributed by atoms with Crippen LogP contribution in [-0.4, -0.2) is 11.1 Å². The zero-order valence-electron chi connectivity index (χ0n) is 14.0. The van der Waals surface area contributed by atoms with E-state index in [4.69, 9.17) is 39.2 Å². The predicted molar refractivity (Wildman–Crippen MR) is 114 cm³/mol. The molecular formula is C20H10Cl3NO3S. The second-order valence-corrected chi connectivity index (χ2v) is 8.10. The van der Waals surface area contributed by atoms with Crippen molar-refractivity contribution in [1.82, 2.24) is 0 Å². The average Bonchev–Trinajstić information content (AvgIpc) is 3.20. The number of imide groups is 1. The van der Waals surface area contributed by atoms with Gasteiger partial charge in [0, 0.05) is 21.7 Å². The minimum atomic E-state index is -0.431. The van der Waals surface area contributed by atoms with Gasteiger partial charge in [-0.05, 0) is 60.3 Å². The molecule has 28 heavy (non-hydrogen) atoms. The third kappa shape index (κ3) is 3.71. The summed E-state index contributed by atoms with van der Waals surface area (Å²) >= 11 is 18.9. The van der Waals surface area contributed by atoms with E-state index in [-0.39, 0.29) is 4.91 Å². The number of furan rings is 1. The van der Waals surface area contributed by atoms with Gasteiger partial charge in [-0.1, -0.05) is 40.9 Å². The Morgan fingerprint density at radius 1 is 0.929 bits per heavy atom. The lowest BCUT2D eigenvalue weighted by molar-refractivity contribution is -0.113. The third-order valence-corrected chi connectivity index (χ3v) is 5.61. The summed E-state index contributed by atoms with van der Waals surface area (Å²) in [6.45, 7) is 0. The van der Waals surface area contributed by atoms with Gasteiger partial charge in [0.1, 0.15) is 11.5 Å². The van der Waals surface area contributed by atoms with Crippen LogP contribution in [0.15, 0.2) is 63.9 Å².